The van der Waals surface area contributed by atoms with Crippen LogP contribution in [0.25, 0.3) is 0 Å². The highest BCUT2D eigenvalue weighted by molar-refractivity contribution is 6.63. The van der Waals surface area contributed by atoms with Crippen LogP contribution in [0.1, 0.15) is 64.9 Å². The molecule has 2 fully saturated rings. The molecule has 1 saturated carbocycles. The van der Waals surface area contributed by atoms with Gasteiger partial charge in [0, 0.05) is 5.46 Å². The minimum Gasteiger partial charge on any atom is -0.497 e. The quantitative estimate of drug-likeness (QED) is 0.865. The van der Waals surface area contributed by atoms with Crippen LogP contribution in [0.5, 0.6) is 5.75 Å². The zero-order chi connectivity index (χ0) is 17.5. The van der Waals surface area contributed by atoms with Crippen LogP contribution >= 0.6 is 0 Å². The number of ether oxygens (including phenoxy) is 1. The first-order valence-electron chi connectivity index (χ1n) is 8.95. The topological polar surface area (TPSA) is 47.9 Å². The van der Waals surface area contributed by atoms with Gasteiger partial charge in [-0.3, -0.25) is 0 Å². The number of aliphatic hydroxyl groups is 1. The largest absolute Gasteiger partial charge is 0.498 e. The van der Waals surface area contributed by atoms with Gasteiger partial charge in [0.15, 0.2) is 0 Å². The number of aliphatic hydroxyl groups excluding tert-OH is 1. The summed E-state index contributed by atoms with van der Waals surface area (Å²) in [6.07, 6.45) is 3.67. The van der Waals surface area contributed by atoms with Crippen LogP contribution in [0.15, 0.2) is 18.2 Å². The SMILES string of the molecule is COc1ccc([C@H]2CC[C@@H](O)CC2)cc1B1OC(C)(C)C(C)(C)O1. The van der Waals surface area contributed by atoms with E-state index in [-0.39, 0.29) is 17.3 Å². The van der Waals surface area contributed by atoms with Crippen LogP contribution < -0.4 is 10.2 Å². The lowest BCUT2D eigenvalue weighted by Crippen LogP contribution is -2.41. The summed E-state index contributed by atoms with van der Waals surface area (Å²) in [6, 6.07) is 6.32. The maximum absolute atomic E-state index is 9.74. The second kappa shape index (κ2) is 6.36. The van der Waals surface area contributed by atoms with E-state index < -0.39 is 7.12 Å². The van der Waals surface area contributed by atoms with Crippen molar-refractivity contribution in [2.75, 3.05) is 7.11 Å². The number of hydrogen-bond acceptors (Lipinski definition) is 4. The summed E-state index contributed by atoms with van der Waals surface area (Å²) in [4.78, 5) is 0. The summed E-state index contributed by atoms with van der Waals surface area (Å²) in [5.74, 6) is 1.29. The van der Waals surface area contributed by atoms with Gasteiger partial charge in [-0.15, -0.1) is 0 Å². The fourth-order valence-electron chi connectivity index (χ4n) is 3.57. The van der Waals surface area contributed by atoms with Crippen molar-refractivity contribution in [3.05, 3.63) is 23.8 Å². The van der Waals surface area contributed by atoms with Crippen molar-refractivity contribution in [1.29, 1.82) is 0 Å². The Morgan fingerprint density at radius 1 is 1.04 bits per heavy atom. The molecule has 0 spiro atoms. The molecule has 24 heavy (non-hydrogen) atoms. The van der Waals surface area contributed by atoms with Crippen LogP contribution in [0, 0.1) is 0 Å². The van der Waals surface area contributed by atoms with Gasteiger partial charge < -0.3 is 19.2 Å². The maximum Gasteiger partial charge on any atom is 0.498 e. The Hall–Kier alpha value is -1.04. The van der Waals surface area contributed by atoms with Crippen LogP contribution in [0.4, 0.5) is 0 Å². The third-order valence-electron chi connectivity index (χ3n) is 5.93. The van der Waals surface area contributed by atoms with E-state index in [9.17, 15) is 5.11 Å². The van der Waals surface area contributed by atoms with E-state index in [1.165, 1.54) is 5.56 Å². The van der Waals surface area contributed by atoms with Crippen molar-refractivity contribution in [3.8, 4) is 5.75 Å². The highest BCUT2D eigenvalue weighted by atomic mass is 16.7. The summed E-state index contributed by atoms with van der Waals surface area (Å²) in [5, 5.41) is 9.74. The molecule has 4 nitrogen and oxygen atoms in total. The zero-order valence-electron chi connectivity index (χ0n) is 15.5. The van der Waals surface area contributed by atoms with Crippen molar-refractivity contribution in [1.82, 2.24) is 0 Å². The van der Waals surface area contributed by atoms with Gasteiger partial charge in [0.05, 0.1) is 24.4 Å². The Kier molecular flexibility index (Phi) is 4.71. The maximum atomic E-state index is 9.74. The van der Waals surface area contributed by atoms with Gasteiger partial charge in [-0.1, -0.05) is 12.1 Å². The van der Waals surface area contributed by atoms with E-state index in [0.717, 1.165) is 36.9 Å². The highest BCUT2D eigenvalue weighted by Crippen LogP contribution is 2.38. The predicted octanol–water partition coefficient (Wildman–Crippen LogP) is 3.01. The van der Waals surface area contributed by atoms with Crippen molar-refractivity contribution in [3.63, 3.8) is 0 Å². The third-order valence-corrected chi connectivity index (χ3v) is 5.93. The van der Waals surface area contributed by atoms with E-state index in [1.54, 1.807) is 7.11 Å². The normalized spacial score (nSPS) is 28.8. The Bertz CT molecular complexity index is 575. The van der Waals surface area contributed by atoms with E-state index in [4.69, 9.17) is 14.0 Å². The minimum atomic E-state index is -0.418. The van der Waals surface area contributed by atoms with Crippen molar-refractivity contribution in [2.45, 2.75) is 76.6 Å². The van der Waals surface area contributed by atoms with E-state index in [1.807, 2.05) is 6.07 Å². The molecule has 132 valence electrons. The molecule has 0 radical (unpaired) electrons. The van der Waals surface area contributed by atoms with Crippen LogP contribution in [-0.4, -0.2) is 36.6 Å². The molecule has 1 saturated heterocycles. The average Bonchev–Trinajstić information content (AvgIpc) is 2.75. The Morgan fingerprint density at radius 2 is 1.62 bits per heavy atom. The van der Waals surface area contributed by atoms with Crippen LogP contribution in [0.3, 0.4) is 0 Å². The van der Waals surface area contributed by atoms with E-state index in [0.29, 0.717) is 5.92 Å². The summed E-state index contributed by atoms with van der Waals surface area (Å²) in [7, 11) is 1.26. The molecule has 1 N–H and O–H groups in total. The van der Waals surface area contributed by atoms with Crippen LogP contribution in [0.2, 0.25) is 0 Å². The van der Waals surface area contributed by atoms with E-state index >= 15 is 0 Å². The second-order valence-corrected chi connectivity index (χ2v) is 8.10. The van der Waals surface area contributed by atoms with Gasteiger partial charge in [0.25, 0.3) is 0 Å². The molecule has 1 aliphatic carbocycles. The van der Waals surface area contributed by atoms with Gasteiger partial charge in [0.2, 0.25) is 0 Å². The smallest absolute Gasteiger partial charge is 0.497 e. The second-order valence-electron chi connectivity index (χ2n) is 8.10. The predicted molar refractivity (Wildman–Crippen MR) is 95.9 cm³/mol. The van der Waals surface area contributed by atoms with Gasteiger partial charge in [0.1, 0.15) is 5.75 Å². The molecule has 1 aliphatic heterocycles. The van der Waals surface area contributed by atoms with Gasteiger partial charge in [-0.2, -0.15) is 0 Å². The molecule has 0 amide bonds. The Balaban J connectivity index is 1.88. The summed E-state index contributed by atoms with van der Waals surface area (Å²) in [6.45, 7) is 8.25. The minimum absolute atomic E-state index is 0.137. The third kappa shape index (κ3) is 3.22. The molecule has 3 rings (SSSR count). The molecule has 0 unspecified atom stereocenters. The summed E-state index contributed by atoms with van der Waals surface area (Å²) in [5.41, 5.74) is 1.51. The average molecular weight is 332 g/mol. The first-order chi connectivity index (χ1) is 11.2. The molecule has 2 aliphatic rings. The Labute approximate surface area is 145 Å². The number of rotatable bonds is 3. The lowest BCUT2D eigenvalue weighted by molar-refractivity contribution is 0.00578. The zero-order valence-corrected chi connectivity index (χ0v) is 15.5. The fourth-order valence-corrected chi connectivity index (χ4v) is 3.57. The highest BCUT2D eigenvalue weighted by Gasteiger charge is 2.52. The van der Waals surface area contributed by atoms with Crippen molar-refractivity contribution < 1.29 is 19.2 Å². The lowest BCUT2D eigenvalue weighted by Gasteiger charge is -2.32. The van der Waals surface area contributed by atoms with Gasteiger partial charge >= 0.3 is 7.12 Å². The van der Waals surface area contributed by atoms with Crippen LogP contribution in [-0.2, 0) is 9.31 Å². The summed E-state index contributed by atoms with van der Waals surface area (Å²) >= 11 is 0. The van der Waals surface area contributed by atoms with Gasteiger partial charge in [-0.05, 0) is 70.9 Å². The molecule has 1 aromatic carbocycles. The summed E-state index contributed by atoms with van der Waals surface area (Å²) < 4.78 is 18.0. The lowest BCUT2D eigenvalue weighted by atomic mass is 9.74. The molecule has 0 aromatic heterocycles. The monoisotopic (exact) mass is 332 g/mol. The molecule has 1 heterocycles. The number of benzene rings is 1. The first kappa shape index (κ1) is 17.8. The fraction of sp³-hybridized carbons (Fsp3) is 0.684. The van der Waals surface area contributed by atoms with E-state index in [2.05, 4.69) is 39.8 Å². The Morgan fingerprint density at radius 3 is 2.17 bits per heavy atom. The molecule has 1 aromatic rings. The standard InChI is InChI=1S/C19H29BO4/c1-18(2)19(3,4)24-20(23-18)16-12-14(8-11-17(16)22-5)13-6-9-15(21)10-7-13/h8,11-13,15,21H,6-7,9-10H2,1-5H3/t13-,15+. The number of hydrogen-bond donors (Lipinski definition) is 1. The molecule has 0 bridgehead atoms. The van der Waals surface area contributed by atoms with Crippen molar-refractivity contribution in [2.24, 2.45) is 0 Å². The molecule has 0 atom stereocenters. The van der Waals surface area contributed by atoms with Crippen molar-refractivity contribution >= 4 is 12.6 Å². The van der Waals surface area contributed by atoms with Gasteiger partial charge in [-0.25, -0.2) is 0 Å². The number of methoxy groups -OCH3 is 1. The molecular formula is C19H29BO4. The first-order valence-corrected chi connectivity index (χ1v) is 8.95. The molecular weight excluding hydrogens is 303 g/mol. The molecule has 5 heteroatoms.